The summed E-state index contributed by atoms with van der Waals surface area (Å²) in [5.74, 6) is 1.02. The van der Waals surface area contributed by atoms with Gasteiger partial charge in [-0.15, -0.1) is 0 Å². The standard InChI is InChI=1S/C16H21NO/c1-4-8-17-11-16-15(7-9-18-16)14-6-5-12(2)13(3)10-14/h5-7,9-10,17H,4,8,11H2,1-3H3. The van der Waals surface area contributed by atoms with Crippen LogP contribution in [0.2, 0.25) is 0 Å². The monoisotopic (exact) mass is 243 g/mol. The van der Waals surface area contributed by atoms with Crippen LogP contribution in [0.25, 0.3) is 11.1 Å². The first kappa shape index (κ1) is 12.9. The fourth-order valence-corrected chi connectivity index (χ4v) is 2.02. The van der Waals surface area contributed by atoms with Gasteiger partial charge in [0.05, 0.1) is 12.8 Å². The van der Waals surface area contributed by atoms with Crippen molar-refractivity contribution in [2.24, 2.45) is 0 Å². The van der Waals surface area contributed by atoms with Crippen molar-refractivity contribution in [3.05, 3.63) is 47.4 Å². The van der Waals surface area contributed by atoms with Crippen molar-refractivity contribution >= 4 is 0 Å². The average molecular weight is 243 g/mol. The van der Waals surface area contributed by atoms with Gasteiger partial charge in [0, 0.05) is 5.56 Å². The van der Waals surface area contributed by atoms with Crippen molar-refractivity contribution in [3.63, 3.8) is 0 Å². The second kappa shape index (κ2) is 5.87. The number of furan rings is 1. The van der Waals surface area contributed by atoms with Crippen LogP contribution >= 0.6 is 0 Å². The Kier molecular flexibility index (Phi) is 4.21. The van der Waals surface area contributed by atoms with Gasteiger partial charge in [-0.25, -0.2) is 0 Å². The number of benzene rings is 1. The molecule has 0 spiro atoms. The summed E-state index contributed by atoms with van der Waals surface area (Å²) in [6.07, 6.45) is 2.91. The van der Waals surface area contributed by atoms with Gasteiger partial charge in [0.2, 0.25) is 0 Å². The van der Waals surface area contributed by atoms with Gasteiger partial charge in [0.15, 0.2) is 0 Å². The van der Waals surface area contributed by atoms with Crippen molar-refractivity contribution in [3.8, 4) is 11.1 Å². The molecule has 2 heteroatoms. The molecule has 0 radical (unpaired) electrons. The van der Waals surface area contributed by atoms with E-state index < -0.39 is 0 Å². The maximum Gasteiger partial charge on any atom is 0.125 e. The average Bonchev–Trinajstić information content (AvgIpc) is 2.81. The van der Waals surface area contributed by atoms with Gasteiger partial charge in [-0.3, -0.25) is 0 Å². The van der Waals surface area contributed by atoms with E-state index in [9.17, 15) is 0 Å². The molecule has 2 aromatic rings. The van der Waals surface area contributed by atoms with Crippen LogP contribution in [-0.2, 0) is 6.54 Å². The zero-order chi connectivity index (χ0) is 13.0. The number of aryl methyl sites for hydroxylation is 2. The smallest absolute Gasteiger partial charge is 0.125 e. The molecule has 2 nitrogen and oxygen atoms in total. The minimum absolute atomic E-state index is 0.795. The highest BCUT2D eigenvalue weighted by molar-refractivity contribution is 5.66. The van der Waals surface area contributed by atoms with E-state index >= 15 is 0 Å². The second-order valence-corrected chi connectivity index (χ2v) is 4.73. The minimum atomic E-state index is 0.795. The largest absolute Gasteiger partial charge is 0.467 e. The zero-order valence-corrected chi connectivity index (χ0v) is 11.4. The Balaban J connectivity index is 2.22. The van der Waals surface area contributed by atoms with Gasteiger partial charge in [0.1, 0.15) is 5.76 Å². The van der Waals surface area contributed by atoms with E-state index in [2.05, 4.69) is 44.3 Å². The van der Waals surface area contributed by atoms with Gasteiger partial charge < -0.3 is 9.73 Å². The summed E-state index contributed by atoms with van der Waals surface area (Å²) in [7, 11) is 0. The predicted molar refractivity (Wildman–Crippen MR) is 75.6 cm³/mol. The molecule has 0 atom stereocenters. The Hall–Kier alpha value is -1.54. The minimum Gasteiger partial charge on any atom is -0.467 e. The highest BCUT2D eigenvalue weighted by Crippen LogP contribution is 2.26. The summed E-state index contributed by atoms with van der Waals surface area (Å²) in [4.78, 5) is 0. The molecule has 1 aromatic heterocycles. The molecule has 1 N–H and O–H groups in total. The number of nitrogens with one attached hydrogen (secondary N) is 1. The van der Waals surface area contributed by atoms with Crippen molar-refractivity contribution in [1.29, 1.82) is 0 Å². The van der Waals surface area contributed by atoms with Gasteiger partial charge in [-0.05, 0) is 49.6 Å². The number of hydrogen-bond acceptors (Lipinski definition) is 2. The summed E-state index contributed by atoms with van der Waals surface area (Å²) in [6.45, 7) is 8.27. The molecule has 0 saturated heterocycles. The van der Waals surface area contributed by atoms with E-state index in [-0.39, 0.29) is 0 Å². The summed E-state index contributed by atoms with van der Waals surface area (Å²) >= 11 is 0. The summed E-state index contributed by atoms with van der Waals surface area (Å²) in [6, 6.07) is 8.61. The lowest BCUT2D eigenvalue weighted by molar-refractivity contribution is 0.484. The lowest BCUT2D eigenvalue weighted by Gasteiger charge is -2.06. The van der Waals surface area contributed by atoms with Crippen molar-refractivity contribution in [1.82, 2.24) is 5.32 Å². The highest BCUT2D eigenvalue weighted by atomic mass is 16.3. The molecule has 0 aliphatic carbocycles. The van der Waals surface area contributed by atoms with Crippen molar-refractivity contribution in [2.45, 2.75) is 33.7 Å². The SMILES string of the molecule is CCCNCc1occc1-c1ccc(C)c(C)c1. The molecule has 0 bridgehead atoms. The quantitative estimate of drug-likeness (QED) is 0.801. The Morgan fingerprint density at radius 3 is 2.67 bits per heavy atom. The van der Waals surface area contributed by atoms with Gasteiger partial charge in [0.25, 0.3) is 0 Å². The van der Waals surface area contributed by atoms with Crippen LogP contribution in [0.1, 0.15) is 30.2 Å². The normalized spacial score (nSPS) is 10.8. The third-order valence-corrected chi connectivity index (χ3v) is 3.28. The lowest BCUT2D eigenvalue weighted by Crippen LogP contribution is -2.13. The molecule has 0 unspecified atom stereocenters. The molecule has 0 aliphatic rings. The summed E-state index contributed by atoms with van der Waals surface area (Å²) < 4.78 is 5.57. The fourth-order valence-electron chi connectivity index (χ4n) is 2.02. The van der Waals surface area contributed by atoms with Crippen molar-refractivity contribution < 1.29 is 4.42 Å². The van der Waals surface area contributed by atoms with Crippen LogP contribution in [0.4, 0.5) is 0 Å². The zero-order valence-electron chi connectivity index (χ0n) is 11.4. The maximum atomic E-state index is 5.57. The first-order valence-electron chi connectivity index (χ1n) is 6.57. The predicted octanol–water partition coefficient (Wildman–Crippen LogP) is 4.06. The third kappa shape index (κ3) is 2.82. The van der Waals surface area contributed by atoms with Crippen LogP contribution in [-0.4, -0.2) is 6.54 Å². The molecule has 18 heavy (non-hydrogen) atoms. The van der Waals surface area contributed by atoms with Crippen molar-refractivity contribution in [2.75, 3.05) is 6.54 Å². The molecular weight excluding hydrogens is 222 g/mol. The van der Waals surface area contributed by atoms with Gasteiger partial charge in [-0.2, -0.15) is 0 Å². The molecule has 0 fully saturated rings. The van der Waals surface area contributed by atoms with Crippen LogP contribution in [0.3, 0.4) is 0 Å². The van der Waals surface area contributed by atoms with E-state index in [1.54, 1.807) is 6.26 Å². The topological polar surface area (TPSA) is 25.2 Å². The van der Waals surface area contributed by atoms with E-state index in [0.717, 1.165) is 25.3 Å². The Labute approximate surface area is 109 Å². The summed E-state index contributed by atoms with van der Waals surface area (Å²) in [5, 5.41) is 3.38. The fraction of sp³-hybridized carbons (Fsp3) is 0.375. The van der Waals surface area contributed by atoms with Crippen LogP contribution in [0.15, 0.2) is 34.9 Å². The van der Waals surface area contributed by atoms with E-state index in [4.69, 9.17) is 4.42 Å². The van der Waals surface area contributed by atoms with E-state index in [1.807, 2.05) is 6.07 Å². The lowest BCUT2D eigenvalue weighted by atomic mass is 10.0. The van der Waals surface area contributed by atoms with Gasteiger partial charge in [-0.1, -0.05) is 25.1 Å². The Morgan fingerprint density at radius 1 is 1.11 bits per heavy atom. The Bertz CT molecular complexity index is 514. The molecule has 0 aliphatic heterocycles. The van der Waals surface area contributed by atoms with Crippen LogP contribution < -0.4 is 5.32 Å². The molecule has 2 rings (SSSR count). The molecule has 0 saturated carbocycles. The Morgan fingerprint density at radius 2 is 1.94 bits per heavy atom. The molecule has 0 amide bonds. The maximum absolute atomic E-state index is 5.57. The number of rotatable bonds is 5. The van der Waals surface area contributed by atoms with Crippen LogP contribution in [0, 0.1) is 13.8 Å². The third-order valence-electron chi connectivity index (χ3n) is 3.28. The van der Waals surface area contributed by atoms with Gasteiger partial charge >= 0.3 is 0 Å². The molecule has 1 heterocycles. The van der Waals surface area contributed by atoms with E-state index in [1.165, 1.54) is 22.3 Å². The first-order chi connectivity index (χ1) is 8.72. The number of hydrogen-bond donors (Lipinski definition) is 1. The molecule has 96 valence electrons. The van der Waals surface area contributed by atoms with Crippen LogP contribution in [0.5, 0.6) is 0 Å². The highest BCUT2D eigenvalue weighted by Gasteiger charge is 2.08. The summed E-state index contributed by atoms with van der Waals surface area (Å²) in [5.41, 5.74) is 5.08. The first-order valence-corrected chi connectivity index (χ1v) is 6.57. The van der Waals surface area contributed by atoms with E-state index in [0.29, 0.717) is 0 Å². The second-order valence-electron chi connectivity index (χ2n) is 4.73. The molecule has 1 aromatic carbocycles. The molecular formula is C16H21NO.